The van der Waals surface area contributed by atoms with Crippen molar-refractivity contribution in [2.24, 2.45) is 17.3 Å². The average Bonchev–Trinajstić information content (AvgIpc) is 2.84. The third kappa shape index (κ3) is 2.27. The monoisotopic (exact) mass is 302 g/mol. The number of fused-ring (bicyclic) bond motifs is 5. The van der Waals surface area contributed by atoms with Crippen LogP contribution in [0.1, 0.15) is 69.9 Å². The van der Waals surface area contributed by atoms with Crippen molar-refractivity contribution in [3.05, 3.63) is 29.3 Å². The van der Waals surface area contributed by atoms with Gasteiger partial charge in [-0.2, -0.15) is 0 Å². The Bertz CT molecular complexity index is 539. The summed E-state index contributed by atoms with van der Waals surface area (Å²) in [5, 5.41) is 20.0. The highest BCUT2D eigenvalue weighted by atomic mass is 16.3. The highest BCUT2D eigenvalue weighted by molar-refractivity contribution is 5.40. The van der Waals surface area contributed by atoms with Crippen LogP contribution in [0.5, 0.6) is 5.75 Å². The fourth-order valence-corrected chi connectivity index (χ4v) is 5.54. The molecule has 0 saturated heterocycles. The van der Waals surface area contributed by atoms with Crippen LogP contribution in [0.3, 0.4) is 0 Å². The summed E-state index contributed by atoms with van der Waals surface area (Å²) in [7, 11) is 0. The molecule has 122 valence electrons. The zero-order valence-electron chi connectivity index (χ0n) is 14.2. The Morgan fingerprint density at radius 2 is 1.86 bits per heavy atom. The van der Waals surface area contributed by atoms with Crippen molar-refractivity contribution >= 4 is 0 Å². The van der Waals surface area contributed by atoms with E-state index >= 15 is 0 Å². The number of aliphatic hydroxyl groups excluding tert-OH is 1. The molecule has 3 aliphatic carbocycles. The van der Waals surface area contributed by atoms with Gasteiger partial charge in [0.1, 0.15) is 5.75 Å². The summed E-state index contributed by atoms with van der Waals surface area (Å²) >= 11 is 0. The topological polar surface area (TPSA) is 40.5 Å². The van der Waals surface area contributed by atoms with Crippen molar-refractivity contribution in [2.45, 2.75) is 71.3 Å². The van der Waals surface area contributed by atoms with Gasteiger partial charge < -0.3 is 10.2 Å². The molecular formula is C20H30O2. The number of hydrogen-bond donors (Lipinski definition) is 2. The van der Waals surface area contributed by atoms with Crippen molar-refractivity contribution in [3.8, 4) is 5.75 Å². The normalized spacial score (nSPS) is 39.1. The zero-order valence-corrected chi connectivity index (χ0v) is 14.2. The lowest BCUT2D eigenvalue weighted by atomic mass is 9.55. The van der Waals surface area contributed by atoms with E-state index in [1.807, 2.05) is 26.0 Å². The van der Waals surface area contributed by atoms with Crippen LogP contribution in [0.15, 0.2) is 18.2 Å². The highest BCUT2D eigenvalue weighted by Crippen LogP contribution is 2.60. The van der Waals surface area contributed by atoms with E-state index in [1.165, 1.54) is 30.4 Å². The summed E-state index contributed by atoms with van der Waals surface area (Å²) < 4.78 is 0. The van der Waals surface area contributed by atoms with Gasteiger partial charge in [-0.15, -0.1) is 0 Å². The van der Waals surface area contributed by atoms with Gasteiger partial charge in [0.25, 0.3) is 0 Å². The maximum absolute atomic E-state index is 10.4. The van der Waals surface area contributed by atoms with Crippen LogP contribution in [-0.2, 0) is 6.42 Å². The van der Waals surface area contributed by atoms with Crippen LogP contribution in [0, 0.1) is 17.3 Å². The molecule has 5 atom stereocenters. The second-order valence-electron chi connectivity index (χ2n) is 7.44. The van der Waals surface area contributed by atoms with Crippen LogP contribution in [0.4, 0.5) is 0 Å². The summed E-state index contributed by atoms with van der Waals surface area (Å²) in [5.41, 5.74) is 2.99. The number of aromatic hydroxyl groups is 1. The lowest BCUT2D eigenvalue weighted by Gasteiger charge is -2.50. The molecule has 2 fully saturated rings. The highest BCUT2D eigenvalue weighted by Gasteiger charge is 2.54. The quantitative estimate of drug-likeness (QED) is 0.733. The van der Waals surface area contributed by atoms with Crippen LogP contribution in [0.25, 0.3) is 0 Å². The summed E-state index contributed by atoms with van der Waals surface area (Å²) in [4.78, 5) is 0. The Balaban J connectivity index is 0.000000693. The second-order valence-corrected chi connectivity index (χ2v) is 7.44. The number of benzene rings is 1. The molecule has 0 radical (unpaired) electrons. The van der Waals surface area contributed by atoms with Gasteiger partial charge in [0, 0.05) is 0 Å². The molecule has 0 amide bonds. The first-order valence-corrected chi connectivity index (χ1v) is 9.09. The third-order valence-corrected chi connectivity index (χ3v) is 6.66. The van der Waals surface area contributed by atoms with Crippen LogP contribution in [-0.4, -0.2) is 16.3 Å². The molecule has 0 aliphatic heterocycles. The Hall–Kier alpha value is -1.02. The Kier molecular flexibility index (Phi) is 4.24. The molecule has 22 heavy (non-hydrogen) atoms. The smallest absolute Gasteiger partial charge is 0.115 e. The largest absolute Gasteiger partial charge is 0.508 e. The molecule has 1 aromatic rings. The first-order chi connectivity index (χ1) is 10.6. The van der Waals surface area contributed by atoms with Crippen molar-refractivity contribution in [1.29, 1.82) is 0 Å². The van der Waals surface area contributed by atoms with Crippen LogP contribution >= 0.6 is 0 Å². The molecule has 0 aromatic heterocycles. The number of aliphatic hydroxyl groups is 1. The molecule has 2 nitrogen and oxygen atoms in total. The summed E-state index contributed by atoms with van der Waals surface area (Å²) in [6, 6.07) is 5.96. The van der Waals surface area contributed by atoms with E-state index in [-0.39, 0.29) is 11.5 Å². The van der Waals surface area contributed by atoms with E-state index in [4.69, 9.17) is 0 Å². The molecule has 0 bridgehead atoms. The molecule has 2 heteroatoms. The van der Waals surface area contributed by atoms with E-state index in [0.29, 0.717) is 17.6 Å². The van der Waals surface area contributed by atoms with Gasteiger partial charge in [-0.1, -0.05) is 26.8 Å². The van der Waals surface area contributed by atoms with Gasteiger partial charge in [0.15, 0.2) is 0 Å². The van der Waals surface area contributed by atoms with Gasteiger partial charge >= 0.3 is 0 Å². The Morgan fingerprint density at radius 3 is 2.64 bits per heavy atom. The lowest BCUT2D eigenvalue weighted by Crippen LogP contribution is -2.43. The van der Waals surface area contributed by atoms with Gasteiger partial charge in [-0.3, -0.25) is 0 Å². The standard InChI is InChI=1S/C18H24O2.C2H6/c1-18-9-8-14-13-5-3-12(19)10-11(13)2-4-15(14)16(18)6-7-17(18)20;1-2/h3,5,10,14-17,19-20H,2,4,6-9H2,1H3;1-2H3. The number of phenols is 1. The molecule has 0 heterocycles. The molecule has 1 aromatic carbocycles. The van der Waals surface area contributed by atoms with E-state index in [1.54, 1.807) is 0 Å². The number of aryl methyl sites for hydroxylation is 1. The molecule has 3 aliphatic rings. The fourth-order valence-electron chi connectivity index (χ4n) is 5.54. The minimum atomic E-state index is -0.0883. The first kappa shape index (κ1) is 15.9. The van der Waals surface area contributed by atoms with Gasteiger partial charge in [-0.25, -0.2) is 0 Å². The van der Waals surface area contributed by atoms with Gasteiger partial charge in [-0.05, 0) is 85.0 Å². The number of phenolic OH excluding ortho intramolecular Hbond substituents is 1. The van der Waals surface area contributed by atoms with Crippen LogP contribution in [0.2, 0.25) is 0 Å². The zero-order chi connectivity index (χ0) is 15.9. The van der Waals surface area contributed by atoms with Crippen molar-refractivity contribution < 1.29 is 10.2 Å². The molecule has 2 saturated carbocycles. The van der Waals surface area contributed by atoms with Crippen LogP contribution < -0.4 is 0 Å². The predicted octanol–water partition coefficient (Wildman–Crippen LogP) is 4.64. The molecule has 2 N–H and O–H groups in total. The number of rotatable bonds is 0. The van der Waals surface area contributed by atoms with E-state index in [9.17, 15) is 10.2 Å². The minimum Gasteiger partial charge on any atom is -0.508 e. The summed E-state index contributed by atoms with van der Waals surface area (Å²) in [6.45, 7) is 6.32. The lowest BCUT2D eigenvalue weighted by molar-refractivity contribution is -0.0226. The summed E-state index contributed by atoms with van der Waals surface area (Å²) in [6.07, 6.45) is 6.78. The average molecular weight is 302 g/mol. The molecule has 4 rings (SSSR count). The molecule has 5 unspecified atom stereocenters. The van der Waals surface area contributed by atoms with E-state index in [0.717, 1.165) is 25.2 Å². The maximum Gasteiger partial charge on any atom is 0.115 e. The minimum absolute atomic E-state index is 0.0883. The van der Waals surface area contributed by atoms with Crippen molar-refractivity contribution in [2.75, 3.05) is 0 Å². The summed E-state index contributed by atoms with van der Waals surface area (Å²) in [5.74, 6) is 2.49. The van der Waals surface area contributed by atoms with Crippen molar-refractivity contribution in [3.63, 3.8) is 0 Å². The van der Waals surface area contributed by atoms with E-state index in [2.05, 4.69) is 13.0 Å². The number of hydrogen-bond acceptors (Lipinski definition) is 2. The molecular weight excluding hydrogens is 272 g/mol. The van der Waals surface area contributed by atoms with Gasteiger partial charge in [0.05, 0.1) is 6.10 Å². The maximum atomic E-state index is 10.4. The predicted molar refractivity (Wildman–Crippen MR) is 90.1 cm³/mol. The van der Waals surface area contributed by atoms with Gasteiger partial charge in [0.2, 0.25) is 0 Å². The second kappa shape index (κ2) is 5.88. The molecule has 0 spiro atoms. The van der Waals surface area contributed by atoms with E-state index < -0.39 is 0 Å². The SMILES string of the molecule is CC.CC12CCC3c4ccc(O)cc4CCC3C1CCC2O. The van der Waals surface area contributed by atoms with Crippen molar-refractivity contribution in [1.82, 2.24) is 0 Å². The Morgan fingerprint density at radius 1 is 1.09 bits per heavy atom. The third-order valence-electron chi connectivity index (χ3n) is 6.66. The fraction of sp³-hybridized carbons (Fsp3) is 0.700. The first-order valence-electron chi connectivity index (χ1n) is 9.09. The Labute approximate surface area is 134 Å².